The number of urea groups is 1. The number of methoxy groups -OCH3 is 1. The van der Waals surface area contributed by atoms with Gasteiger partial charge in [0.15, 0.2) is 0 Å². The fourth-order valence-electron chi connectivity index (χ4n) is 3.48. The predicted molar refractivity (Wildman–Crippen MR) is 126 cm³/mol. The van der Waals surface area contributed by atoms with Crippen molar-refractivity contribution in [1.82, 2.24) is 20.0 Å². The molecule has 7 nitrogen and oxygen atoms in total. The second-order valence-corrected chi connectivity index (χ2v) is 7.62. The van der Waals surface area contributed by atoms with Gasteiger partial charge in [-0.25, -0.2) is 9.48 Å². The molecule has 0 saturated carbocycles. The second kappa shape index (κ2) is 10.7. The van der Waals surface area contributed by atoms with E-state index >= 15 is 0 Å². The quantitative estimate of drug-likeness (QED) is 0.499. The van der Waals surface area contributed by atoms with Crippen LogP contribution in [0.2, 0.25) is 0 Å². The van der Waals surface area contributed by atoms with Crippen LogP contribution < -0.4 is 14.8 Å². The van der Waals surface area contributed by atoms with E-state index in [1.165, 1.54) is 0 Å². The molecule has 0 aliphatic carbocycles. The van der Waals surface area contributed by atoms with Gasteiger partial charge in [-0.05, 0) is 44.5 Å². The van der Waals surface area contributed by atoms with Crippen molar-refractivity contribution >= 4 is 6.03 Å². The number of carbonyl (C=O) groups is 1. The molecule has 3 aromatic rings. The highest BCUT2D eigenvalue weighted by molar-refractivity contribution is 5.75. The molecule has 0 aliphatic heterocycles. The van der Waals surface area contributed by atoms with E-state index in [1.54, 1.807) is 11.8 Å². The first kappa shape index (κ1) is 23.2. The fourth-order valence-corrected chi connectivity index (χ4v) is 3.48. The van der Waals surface area contributed by atoms with Gasteiger partial charge in [0.05, 0.1) is 19.2 Å². The van der Waals surface area contributed by atoms with E-state index in [1.807, 2.05) is 73.5 Å². The number of hydrogen-bond acceptors (Lipinski definition) is 4. The van der Waals surface area contributed by atoms with E-state index in [-0.39, 0.29) is 12.1 Å². The first-order valence-electron chi connectivity index (χ1n) is 11.0. The fraction of sp³-hybridized carbons (Fsp3) is 0.360. The molecule has 0 radical (unpaired) electrons. The first-order valence-corrected chi connectivity index (χ1v) is 11.0. The summed E-state index contributed by atoms with van der Waals surface area (Å²) in [7, 11) is 3.49. The molecule has 0 unspecified atom stereocenters. The highest BCUT2D eigenvalue weighted by Crippen LogP contribution is 2.35. The van der Waals surface area contributed by atoms with Crippen LogP contribution in [0.5, 0.6) is 17.4 Å². The molecule has 0 bridgehead atoms. The van der Waals surface area contributed by atoms with E-state index in [0.29, 0.717) is 24.7 Å². The Bertz CT molecular complexity index is 1020. The number of aromatic nitrogens is 2. The molecule has 0 aliphatic rings. The molecule has 1 aromatic heterocycles. The van der Waals surface area contributed by atoms with Crippen molar-refractivity contribution in [3.63, 3.8) is 0 Å². The number of benzene rings is 2. The van der Waals surface area contributed by atoms with Crippen LogP contribution in [0.1, 0.15) is 32.8 Å². The average molecular weight is 437 g/mol. The van der Waals surface area contributed by atoms with Crippen molar-refractivity contribution in [2.24, 2.45) is 7.05 Å². The summed E-state index contributed by atoms with van der Waals surface area (Å²) < 4.78 is 13.3. The van der Waals surface area contributed by atoms with Gasteiger partial charge in [0.25, 0.3) is 0 Å². The molecule has 3 rings (SSSR count). The van der Waals surface area contributed by atoms with Gasteiger partial charge in [0.2, 0.25) is 5.88 Å². The molecule has 32 heavy (non-hydrogen) atoms. The number of ether oxygens (including phenoxy) is 2. The summed E-state index contributed by atoms with van der Waals surface area (Å²) >= 11 is 0. The van der Waals surface area contributed by atoms with Gasteiger partial charge in [-0.1, -0.05) is 37.3 Å². The van der Waals surface area contributed by atoms with Crippen LogP contribution in [0.15, 0.2) is 54.6 Å². The summed E-state index contributed by atoms with van der Waals surface area (Å²) in [6.07, 6.45) is 0.840. The topological polar surface area (TPSA) is 68.6 Å². The van der Waals surface area contributed by atoms with Gasteiger partial charge in [-0.15, -0.1) is 0 Å². The van der Waals surface area contributed by atoms with Gasteiger partial charge in [-0.3, -0.25) is 0 Å². The minimum absolute atomic E-state index is 0.0548. The molecule has 0 spiro atoms. The third kappa shape index (κ3) is 5.22. The van der Waals surface area contributed by atoms with Crippen LogP contribution in [0.4, 0.5) is 4.79 Å². The van der Waals surface area contributed by atoms with Crippen molar-refractivity contribution in [1.29, 1.82) is 0 Å². The molecule has 1 N–H and O–H groups in total. The van der Waals surface area contributed by atoms with Gasteiger partial charge in [0, 0.05) is 25.2 Å². The summed E-state index contributed by atoms with van der Waals surface area (Å²) in [6.45, 7) is 7.00. The Labute approximate surface area is 190 Å². The monoisotopic (exact) mass is 436 g/mol. The van der Waals surface area contributed by atoms with Gasteiger partial charge >= 0.3 is 6.03 Å². The van der Waals surface area contributed by atoms with E-state index in [9.17, 15) is 4.79 Å². The lowest BCUT2D eigenvalue weighted by molar-refractivity contribution is 0.173. The highest BCUT2D eigenvalue weighted by atomic mass is 16.5. The third-order valence-electron chi connectivity index (χ3n) is 5.45. The molecular formula is C25H32N4O3. The molecular weight excluding hydrogens is 404 g/mol. The summed E-state index contributed by atoms with van der Waals surface area (Å²) in [5.41, 5.74) is 2.64. The largest absolute Gasteiger partial charge is 0.497 e. The Morgan fingerprint density at radius 1 is 1.09 bits per heavy atom. The smallest absolute Gasteiger partial charge is 0.317 e. The van der Waals surface area contributed by atoms with Crippen LogP contribution in [0, 0.1) is 0 Å². The van der Waals surface area contributed by atoms with Crippen LogP contribution in [0.3, 0.4) is 0 Å². The highest BCUT2D eigenvalue weighted by Gasteiger charge is 2.26. The maximum Gasteiger partial charge on any atom is 0.317 e. The number of amides is 2. The summed E-state index contributed by atoms with van der Waals surface area (Å²) in [5.74, 6) is 2.03. The average Bonchev–Trinajstić information content (AvgIpc) is 3.13. The van der Waals surface area contributed by atoms with Crippen LogP contribution >= 0.6 is 0 Å². The number of carbonyl (C=O) groups excluding carboxylic acids is 1. The minimum atomic E-state index is -0.0971. The number of rotatable bonds is 9. The Hall–Kier alpha value is -3.48. The molecule has 1 heterocycles. The summed E-state index contributed by atoms with van der Waals surface area (Å²) in [6, 6.07) is 17.3. The van der Waals surface area contributed by atoms with Crippen molar-refractivity contribution in [2.45, 2.75) is 39.8 Å². The lowest BCUT2D eigenvalue weighted by Crippen LogP contribution is -2.44. The lowest BCUT2D eigenvalue weighted by atomic mass is 10.1. The maximum atomic E-state index is 12.9. The number of nitrogens with one attached hydrogen (secondary N) is 1. The number of hydrogen-bond donors (Lipinski definition) is 1. The SMILES string of the molecule is CCNC(=O)N(Cc1c(-c2ccccc2)nn(C)c1Oc1ccc(OC)cc1)[C@H](C)CC. The Kier molecular flexibility index (Phi) is 7.76. The third-order valence-corrected chi connectivity index (χ3v) is 5.45. The summed E-state index contributed by atoms with van der Waals surface area (Å²) in [5, 5.41) is 7.70. The molecule has 1 atom stereocenters. The normalized spacial score (nSPS) is 11.7. The molecule has 170 valence electrons. The van der Waals surface area contributed by atoms with Crippen LogP contribution in [-0.4, -0.2) is 40.4 Å². The standard InChI is InChI=1S/C25H32N4O3/c1-6-18(3)29(25(30)26-7-2)17-22-23(19-11-9-8-10-12-19)27-28(4)24(22)32-21-15-13-20(31-5)14-16-21/h8-16,18H,6-7,17H2,1-5H3,(H,26,30)/t18-/m1/s1. The van der Waals surface area contributed by atoms with Crippen molar-refractivity contribution in [3.8, 4) is 28.6 Å². The van der Waals surface area contributed by atoms with E-state index in [4.69, 9.17) is 14.6 Å². The molecule has 0 saturated heterocycles. The zero-order valence-corrected chi connectivity index (χ0v) is 19.5. The van der Waals surface area contributed by atoms with Gasteiger partial charge in [0.1, 0.15) is 17.2 Å². The first-order chi connectivity index (χ1) is 15.5. The predicted octanol–water partition coefficient (Wildman–Crippen LogP) is 5.22. The minimum Gasteiger partial charge on any atom is -0.497 e. The molecule has 0 fully saturated rings. The lowest BCUT2D eigenvalue weighted by Gasteiger charge is -2.29. The van der Waals surface area contributed by atoms with E-state index in [0.717, 1.165) is 29.0 Å². The van der Waals surface area contributed by atoms with Crippen molar-refractivity contribution in [2.75, 3.05) is 13.7 Å². The number of nitrogens with zero attached hydrogens (tertiary/aromatic N) is 3. The number of aryl methyl sites for hydroxylation is 1. The maximum absolute atomic E-state index is 12.9. The van der Waals surface area contributed by atoms with Crippen molar-refractivity contribution < 1.29 is 14.3 Å². The molecule has 7 heteroatoms. The van der Waals surface area contributed by atoms with Crippen LogP contribution in [0.25, 0.3) is 11.3 Å². The van der Waals surface area contributed by atoms with Crippen LogP contribution in [-0.2, 0) is 13.6 Å². The second-order valence-electron chi connectivity index (χ2n) is 7.62. The van der Waals surface area contributed by atoms with Gasteiger partial charge < -0.3 is 19.7 Å². The zero-order valence-electron chi connectivity index (χ0n) is 19.5. The Balaban J connectivity index is 2.06. The van der Waals surface area contributed by atoms with E-state index < -0.39 is 0 Å². The summed E-state index contributed by atoms with van der Waals surface area (Å²) in [4.78, 5) is 14.7. The zero-order chi connectivity index (χ0) is 23.1. The Morgan fingerprint density at radius 2 is 1.75 bits per heavy atom. The van der Waals surface area contributed by atoms with E-state index in [2.05, 4.69) is 19.2 Å². The molecule has 2 aromatic carbocycles. The van der Waals surface area contributed by atoms with Crippen molar-refractivity contribution in [3.05, 3.63) is 60.2 Å². The molecule has 2 amide bonds. The van der Waals surface area contributed by atoms with Gasteiger partial charge in [-0.2, -0.15) is 5.10 Å². The Morgan fingerprint density at radius 3 is 2.34 bits per heavy atom.